The molecule has 0 amide bonds. The average molecular weight is 209 g/mol. The third-order valence-electron chi connectivity index (χ3n) is 2.49. The average Bonchev–Trinajstić information content (AvgIpc) is 2.18. The van der Waals surface area contributed by atoms with Gasteiger partial charge in [0.05, 0.1) is 0 Å². The van der Waals surface area contributed by atoms with Crippen molar-refractivity contribution in [1.29, 1.82) is 0 Å². The van der Waals surface area contributed by atoms with Gasteiger partial charge in [0.1, 0.15) is 10.5 Å². The summed E-state index contributed by atoms with van der Waals surface area (Å²) in [6.45, 7) is 4.05. The van der Waals surface area contributed by atoms with Crippen molar-refractivity contribution in [2.45, 2.75) is 32.7 Å². The van der Waals surface area contributed by atoms with Gasteiger partial charge >= 0.3 is 0 Å². The molecule has 1 aromatic rings. The van der Waals surface area contributed by atoms with E-state index in [2.05, 4.69) is 22.2 Å². The van der Waals surface area contributed by atoms with Crippen molar-refractivity contribution in [2.75, 3.05) is 6.54 Å². The molecule has 0 radical (unpaired) electrons. The first-order chi connectivity index (χ1) is 6.81. The van der Waals surface area contributed by atoms with Crippen LogP contribution in [0.5, 0.6) is 0 Å². The highest BCUT2D eigenvalue weighted by Gasteiger charge is 2.11. The Balaban J connectivity index is 2.41. The minimum atomic E-state index is 0.773. The lowest BCUT2D eigenvalue weighted by Gasteiger charge is -2.17. The van der Waals surface area contributed by atoms with Gasteiger partial charge in [0.2, 0.25) is 0 Å². The molecule has 14 heavy (non-hydrogen) atoms. The zero-order chi connectivity index (χ0) is 9.97. The number of hydrogen-bond acceptors (Lipinski definition) is 3. The molecule has 3 nitrogen and oxygen atoms in total. The lowest BCUT2D eigenvalue weighted by atomic mass is 10.1. The number of fused-ring (bicyclic) bond motifs is 1. The molecule has 2 N–H and O–H groups in total. The number of nitrogens with zero attached hydrogens (tertiary/aromatic N) is 1. The van der Waals surface area contributed by atoms with Crippen molar-refractivity contribution in [3.05, 3.63) is 21.7 Å². The molecular formula is C10H15N3S. The van der Waals surface area contributed by atoms with Gasteiger partial charge in [0, 0.05) is 37.2 Å². The molecule has 0 aromatic carbocycles. The van der Waals surface area contributed by atoms with Crippen molar-refractivity contribution in [2.24, 2.45) is 0 Å². The first-order valence-electron chi connectivity index (χ1n) is 5.13. The molecule has 1 aliphatic heterocycles. The van der Waals surface area contributed by atoms with Gasteiger partial charge < -0.3 is 10.3 Å². The predicted molar refractivity (Wildman–Crippen MR) is 58.8 cm³/mol. The maximum Gasteiger partial charge on any atom is 0.134 e. The van der Waals surface area contributed by atoms with E-state index in [1.54, 1.807) is 0 Å². The molecule has 0 atom stereocenters. The monoisotopic (exact) mass is 209 g/mol. The van der Waals surface area contributed by atoms with Crippen LogP contribution >= 0.6 is 12.2 Å². The summed E-state index contributed by atoms with van der Waals surface area (Å²) in [5.41, 5.74) is 2.47. The Bertz CT molecular complexity index is 383. The summed E-state index contributed by atoms with van der Waals surface area (Å²) in [7, 11) is 0. The number of aryl methyl sites for hydroxylation is 1. The minimum Gasteiger partial charge on any atom is -0.347 e. The standard InChI is InChI=1S/C10H15N3S/c1-2-3-9-12-8-4-5-11-6-7(8)10(14)13-9/h11H,2-6H2,1H3,(H,12,13,14). The van der Waals surface area contributed by atoms with E-state index in [0.717, 1.165) is 42.8 Å². The summed E-state index contributed by atoms with van der Waals surface area (Å²) in [5, 5.41) is 3.31. The van der Waals surface area contributed by atoms with E-state index in [-0.39, 0.29) is 0 Å². The number of H-pyrrole nitrogens is 1. The highest BCUT2D eigenvalue weighted by atomic mass is 32.1. The number of aromatic amines is 1. The van der Waals surface area contributed by atoms with E-state index in [1.165, 1.54) is 11.3 Å². The van der Waals surface area contributed by atoms with Gasteiger partial charge in [-0.05, 0) is 6.42 Å². The predicted octanol–water partition coefficient (Wildman–Crippen LogP) is 1.74. The Morgan fingerprint density at radius 2 is 2.36 bits per heavy atom. The van der Waals surface area contributed by atoms with Crippen LogP contribution in [-0.4, -0.2) is 16.5 Å². The molecule has 0 fully saturated rings. The van der Waals surface area contributed by atoms with Gasteiger partial charge in [0.25, 0.3) is 0 Å². The summed E-state index contributed by atoms with van der Waals surface area (Å²) in [5.74, 6) is 1.04. The molecule has 2 heterocycles. The zero-order valence-electron chi connectivity index (χ0n) is 8.39. The number of nitrogens with one attached hydrogen (secondary N) is 2. The zero-order valence-corrected chi connectivity index (χ0v) is 9.21. The maximum absolute atomic E-state index is 5.27. The second-order valence-corrected chi connectivity index (χ2v) is 4.01. The summed E-state index contributed by atoms with van der Waals surface area (Å²) in [6, 6.07) is 0. The van der Waals surface area contributed by atoms with E-state index in [1.807, 2.05) is 0 Å². The largest absolute Gasteiger partial charge is 0.347 e. The third kappa shape index (κ3) is 1.86. The Morgan fingerprint density at radius 1 is 1.50 bits per heavy atom. The Hall–Kier alpha value is -0.740. The molecule has 1 aliphatic rings. The maximum atomic E-state index is 5.27. The fourth-order valence-corrected chi connectivity index (χ4v) is 2.08. The molecule has 0 spiro atoms. The van der Waals surface area contributed by atoms with Crippen LogP contribution in [0.1, 0.15) is 30.4 Å². The molecule has 0 unspecified atom stereocenters. The van der Waals surface area contributed by atoms with Crippen molar-refractivity contribution >= 4 is 12.2 Å². The first kappa shape index (κ1) is 9.80. The van der Waals surface area contributed by atoms with Crippen LogP contribution in [0.3, 0.4) is 0 Å². The van der Waals surface area contributed by atoms with E-state index in [4.69, 9.17) is 12.2 Å². The molecule has 0 saturated carbocycles. The minimum absolute atomic E-state index is 0.773. The smallest absolute Gasteiger partial charge is 0.134 e. The molecule has 0 aliphatic carbocycles. The first-order valence-corrected chi connectivity index (χ1v) is 5.53. The molecular weight excluding hydrogens is 194 g/mol. The highest BCUT2D eigenvalue weighted by Crippen LogP contribution is 2.12. The number of rotatable bonds is 2. The highest BCUT2D eigenvalue weighted by molar-refractivity contribution is 7.71. The second kappa shape index (κ2) is 4.19. The van der Waals surface area contributed by atoms with Gasteiger partial charge in [-0.25, -0.2) is 4.98 Å². The lowest BCUT2D eigenvalue weighted by Crippen LogP contribution is -2.25. The van der Waals surface area contributed by atoms with E-state index < -0.39 is 0 Å². The molecule has 76 valence electrons. The fourth-order valence-electron chi connectivity index (χ4n) is 1.77. The Labute approximate surface area is 89.0 Å². The van der Waals surface area contributed by atoms with Gasteiger partial charge in [-0.3, -0.25) is 0 Å². The van der Waals surface area contributed by atoms with Crippen LogP contribution in [0.15, 0.2) is 0 Å². The molecule has 0 bridgehead atoms. The van der Waals surface area contributed by atoms with Crippen molar-refractivity contribution < 1.29 is 0 Å². The fraction of sp³-hybridized carbons (Fsp3) is 0.600. The van der Waals surface area contributed by atoms with Crippen LogP contribution in [-0.2, 0) is 19.4 Å². The molecule has 1 aromatic heterocycles. The number of aromatic nitrogens is 2. The van der Waals surface area contributed by atoms with Gasteiger partial charge in [-0.1, -0.05) is 19.1 Å². The topological polar surface area (TPSA) is 40.7 Å². The normalized spacial score (nSPS) is 15.2. The Morgan fingerprint density at radius 3 is 3.14 bits per heavy atom. The number of hydrogen-bond donors (Lipinski definition) is 2. The van der Waals surface area contributed by atoms with E-state index in [0.29, 0.717) is 0 Å². The van der Waals surface area contributed by atoms with E-state index in [9.17, 15) is 0 Å². The van der Waals surface area contributed by atoms with Crippen LogP contribution in [0.2, 0.25) is 0 Å². The van der Waals surface area contributed by atoms with Crippen LogP contribution in [0.25, 0.3) is 0 Å². The summed E-state index contributed by atoms with van der Waals surface area (Å²) >= 11 is 5.27. The van der Waals surface area contributed by atoms with Gasteiger partial charge in [-0.2, -0.15) is 0 Å². The lowest BCUT2D eigenvalue weighted by molar-refractivity contribution is 0.616. The quantitative estimate of drug-likeness (QED) is 0.729. The summed E-state index contributed by atoms with van der Waals surface area (Å²) in [4.78, 5) is 7.78. The van der Waals surface area contributed by atoms with Crippen LogP contribution in [0.4, 0.5) is 0 Å². The van der Waals surface area contributed by atoms with Crippen molar-refractivity contribution in [1.82, 2.24) is 15.3 Å². The third-order valence-corrected chi connectivity index (χ3v) is 2.83. The van der Waals surface area contributed by atoms with Gasteiger partial charge in [0.15, 0.2) is 0 Å². The van der Waals surface area contributed by atoms with Crippen LogP contribution in [0, 0.1) is 4.64 Å². The second-order valence-electron chi connectivity index (χ2n) is 3.62. The van der Waals surface area contributed by atoms with Gasteiger partial charge in [-0.15, -0.1) is 0 Å². The summed E-state index contributed by atoms with van der Waals surface area (Å²) in [6.07, 6.45) is 3.14. The van der Waals surface area contributed by atoms with Crippen molar-refractivity contribution in [3.8, 4) is 0 Å². The Kier molecular flexibility index (Phi) is 2.93. The molecule has 0 saturated heterocycles. The van der Waals surface area contributed by atoms with E-state index >= 15 is 0 Å². The van der Waals surface area contributed by atoms with Crippen molar-refractivity contribution in [3.63, 3.8) is 0 Å². The SMILES string of the molecule is CCCc1nc(=S)c2c([nH]1)CCNC2. The molecule has 4 heteroatoms. The van der Waals surface area contributed by atoms with Crippen LogP contribution < -0.4 is 5.32 Å². The summed E-state index contributed by atoms with van der Waals surface area (Å²) < 4.78 is 0.773. The molecule has 2 rings (SSSR count).